The van der Waals surface area contributed by atoms with Crippen LogP contribution in [0, 0.1) is 0 Å². The van der Waals surface area contributed by atoms with Crippen LogP contribution in [0.1, 0.15) is 56.8 Å². The summed E-state index contributed by atoms with van der Waals surface area (Å²) < 4.78 is 0. The third-order valence-electron chi connectivity index (χ3n) is 3.00. The Morgan fingerprint density at radius 1 is 1.37 bits per heavy atom. The zero-order chi connectivity index (χ0) is 14.1. The molecule has 1 amide bonds. The van der Waals surface area contributed by atoms with Crippen LogP contribution in [0.5, 0.6) is 0 Å². The Hall–Kier alpha value is -1.58. The molecule has 1 atom stereocenters. The summed E-state index contributed by atoms with van der Waals surface area (Å²) in [6.45, 7) is 7.14. The van der Waals surface area contributed by atoms with Gasteiger partial charge < -0.3 is 10.6 Å². The lowest BCUT2D eigenvalue weighted by molar-refractivity contribution is 0.0938. The fourth-order valence-corrected chi connectivity index (χ4v) is 1.88. The second-order valence-electron chi connectivity index (χ2n) is 4.86. The molecule has 4 nitrogen and oxygen atoms in total. The van der Waals surface area contributed by atoms with E-state index in [9.17, 15) is 4.79 Å². The van der Waals surface area contributed by atoms with E-state index in [-0.39, 0.29) is 11.9 Å². The minimum atomic E-state index is -0.0235. The Bertz CT molecular complexity index is 393. The summed E-state index contributed by atoms with van der Waals surface area (Å²) in [4.78, 5) is 16.3. The Labute approximate surface area is 116 Å². The molecule has 0 radical (unpaired) electrons. The number of nitrogens with one attached hydrogen (secondary N) is 2. The maximum Gasteiger partial charge on any atom is 0.253 e. The van der Waals surface area contributed by atoms with Gasteiger partial charge in [0.05, 0.1) is 17.4 Å². The molecule has 1 aromatic heterocycles. The SMILES string of the molecule is CCCCC(C)NC(=O)c1ccncc1NCCC. The maximum atomic E-state index is 12.2. The maximum absolute atomic E-state index is 12.2. The van der Waals surface area contributed by atoms with Gasteiger partial charge in [0, 0.05) is 18.8 Å². The Kier molecular flexibility index (Phi) is 6.93. The van der Waals surface area contributed by atoms with Crippen molar-refractivity contribution in [3.63, 3.8) is 0 Å². The van der Waals surface area contributed by atoms with Crippen molar-refractivity contribution in [3.05, 3.63) is 24.0 Å². The molecule has 1 rings (SSSR count). The molecule has 19 heavy (non-hydrogen) atoms. The number of hydrogen-bond acceptors (Lipinski definition) is 3. The first-order valence-corrected chi connectivity index (χ1v) is 7.17. The summed E-state index contributed by atoms with van der Waals surface area (Å²) in [5.41, 5.74) is 1.48. The van der Waals surface area contributed by atoms with Crippen molar-refractivity contribution in [1.82, 2.24) is 10.3 Å². The van der Waals surface area contributed by atoms with Gasteiger partial charge in [-0.3, -0.25) is 9.78 Å². The molecule has 2 N–H and O–H groups in total. The van der Waals surface area contributed by atoms with Crippen LogP contribution in [0.3, 0.4) is 0 Å². The number of rotatable bonds is 8. The first kappa shape index (κ1) is 15.5. The Morgan fingerprint density at radius 2 is 2.16 bits per heavy atom. The molecule has 1 unspecified atom stereocenters. The van der Waals surface area contributed by atoms with Crippen LogP contribution in [-0.4, -0.2) is 23.5 Å². The summed E-state index contributed by atoms with van der Waals surface area (Å²) in [6.07, 6.45) is 7.69. The first-order chi connectivity index (χ1) is 9.19. The number of carbonyl (C=O) groups excluding carboxylic acids is 1. The molecular weight excluding hydrogens is 238 g/mol. The van der Waals surface area contributed by atoms with Gasteiger partial charge in [-0.25, -0.2) is 0 Å². The molecule has 0 aliphatic heterocycles. The molecule has 0 fully saturated rings. The van der Waals surface area contributed by atoms with Gasteiger partial charge in [0.1, 0.15) is 0 Å². The summed E-state index contributed by atoms with van der Waals surface area (Å²) in [7, 11) is 0. The van der Waals surface area contributed by atoms with Crippen molar-refractivity contribution in [2.24, 2.45) is 0 Å². The minimum Gasteiger partial charge on any atom is -0.383 e. The van der Waals surface area contributed by atoms with E-state index in [2.05, 4.69) is 29.5 Å². The number of pyridine rings is 1. The molecule has 1 aromatic rings. The molecule has 0 saturated carbocycles. The quantitative estimate of drug-likeness (QED) is 0.757. The van der Waals surface area contributed by atoms with Gasteiger partial charge in [-0.15, -0.1) is 0 Å². The predicted molar refractivity (Wildman–Crippen MR) is 79.5 cm³/mol. The summed E-state index contributed by atoms with van der Waals surface area (Å²) in [5.74, 6) is -0.0235. The average Bonchev–Trinajstić information content (AvgIpc) is 2.43. The van der Waals surface area contributed by atoms with Gasteiger partial charge in [-0.05, 0) is 25.8 Å². The van der Waals surface area contributed by atoms with Gasteiger partial charge in [-0.1, -0.05) is 26.7 Å². The van der Waals surface area contributed by atoms with Crippen molar-refractivity contribution in [3.8, 4) is 0 Å². The lowest BCUT2D eigenvalue weighted by atomic mass is 10.1. The lowest BCUT2D eigenvalue weighted by Crippen LogP contribution is -2.33. The smallest absolute Gasteiger partial charge is 0.253 e. The number of nitrogens with zero attached hydrogens (tertiary/aromatic N) is 1. The summed E-state index contributed by atoms with van der Waals surface area (Å²) in [5, 5.41) is 6.28. The zero-order valence-corrected chi connectivity index (χ0v) is 12.2. The molecule has 4 heteroatoms. The highest BCUT2D eigenvalue weighted by atomic mass is 16.1. The van der Waals surface area contributed by atoms with E-state index in [1.807, 2.05) is 6.92 Å². The summed E-state index contributed by atoms with van der Waals surface area (Å²) in [6, 6.07) is 1.97. The van der Waals surface area contributed by atoms with Gasteiger partial charge in [0.2, 0.25) is 0 Å². The van der Waals surface area contributed by atoms with Crippen molar-refractivity contribution in [1.29, 1.82) is 0 Å². The zero-order valence-electron chi connectivity index (χ0n) is 12.2. The van der Waals surface area contributed by atoms with Gasteiger partial charge in [-0.2, -0.15) is 0 Å². The predicted octanol–water partition coefficient (Wildman–Crippen LogP) is 3.21. The molecule has 1 heterocycles. The fourth-order valence-electron chi connectivity index (χ4n) is 1.88. The average molecular weight is 263 g/mol. The van der Waals surface area contributed by atoms with Crippen molar-refractivity contribution in [2.45, 2.75) is 52.5 Å². The third-order valence-corrected chi connectivity index (χ3v) is 3.00. The molecule has 0 aromatic carbocycles. The highest BCUT2D eigenvalue weighted by molar-refractivity contribution is 5.99. The van der Waals surface area contributed by atoms with Crippen LogP contribution >= 0.6 is 0 Å². The highest BCUT2D eigenvalue weighted by Gasteiger charge is 2.13. The normalized spacial score (nSPS) is 11.9. The number of unbranched alkanes of at least 4 members (excludes halogenated alkanes) is 1. The van der Waals surface area contributed by atoms with E-state index in [1.54, 1.807) is 18.5 Å². The van der Waals surface area contributed by atoms with Crippen LogP contribution in [-0.2, 0) is 0 Å². The van der Waals surface area contributed by atoms with Crippen molar-refractivity contribution < 1.29 is 4.79 Å². The molecule has 106 valence electrons. The number of carbonyl (C=O) groups is 1. The van der Waals surface area contributed by atoms with Crippen molar-refractivity contribution in [2.75, 3.05) is 11.9 Å². The van der Waals surface area contributed by atoms with Crippen LogP contribution < -0.4 is 10.6 Å². The minimum absolute atomic E-state index is 0.0235. The molecule has 0 spiro atoms. The van der Waals surface area contributed by atoms with Gasteiger partial charge in [0.25, 0.3) is 5.91 Å². The molecule has 0 bridgehead atoms. The van der Waals surface area contributed by atoms with Crippen LogP contribution in [0.15, 0.2) is 18.5 Å². The van der Waals surface area contributed by atoms with E-state index in [0.717, 1.165) is 37.9 Å². The topological polar surface area (TPSA) is 54.0 Å². The van der Waals surface area contributed by atoms with E-state index < -0.39 is 0 Å². The number of amides is 1. The van der Waals surface area contributed by atoms with Crippen molar-refractivity contribution >= 4 is 11.6 Å². The van der Waals surface area contributed by atoms with Crippen LogP contribution in [0.2, 0.25) is 0 Å². The first-order valence-electron chi connectivity index (χ1n) is 7.17. The standard InChI is InChI=1S/C15H25N3O/c1-4-6-7-12(3)18-15(19)13-8-10-16-11-14(13)17-9-5-2/h8,10-12,17H,4-7,9H2,1-3H3,(H,18,19). The second-order valence-corrected chi connectivity index (χ2v) is 4.86. The van der Waals surface area contributed by atoms with Gasteiger partial charge in [0.15, 0.2) is 0 Å². The molecule has 0 aliphatic rings. The van der Waals surface area contributed by atoms with Crippen LogP contribution in [0.4, 0.5) is 5.69 Å². The molecule has 0 saturated heterocycles. The Morgan fingerprint density at radius 3 is 2.84 bits per heavy atom. The molecular formula is C15H25N3O. The third kappa shape index (κ3) is 5.28. The lowest BCUT2D eigenvalue weighted by Gasteiger charge is -2.15. The Balaban J connectivity index is 2.65. The van der Waals surface area contributed by atoms with E-state index >= 15 is 0 Å². The van der Waals surface area contributed by atoms with E-state index in [1.165, 1.54) is 0 Å². The fraction of sp³-hybridized carbons (Fsp3) is 0.600. The monoisotopic (exact) mass is 263 g/mol. The van der Waals surface area contributed by atoms with E-state index in [4.69, 9.17) is 0 Å². The largest absolute Gasteiger partial charge is 0.383 e. The van der Waals surface area contributed by atoms with Gasteiger partial charge >= 0.3 is 0 Å². The van der Waals surface area contributed by atoms with E-state index in [0.29, 0.717) is 5.56 Å². The highest BCUT2D eigenvalue weighted by Crippen LogP contribution is 2.14. The number of anilines is 1. The summed E-state index contributed by atoms with van der Waals surface area (Å²) >= 11 is 0. The molecule has 0 aliphatic carbocycles. The number of hydrogen-bond donors (Lipinski definition) is 2. The van der Waals surface area contributed by atoms with Crippen LogP contribution in [0.25, 0.3) is 0 Å². The second kappa shape index (κ2) is 8.51. The number of aromatic nitrogens is 1.